The van der Waals surface area contributed by atoms with Crippen molar-refractivity contribution in [1.82, 2.24) is 25.0 Å². The fourth-order valence-electron chi connectivity index (χ4n) is 3.85. The Morgan fingerprint density at radius 3 is 3.00 bits per heavy atom. The van der Waals surface area contributed by atoms with E-state index in [2.05, 4.69) is 32.5 Å². The van der Waals surface area contributed by atoms with Crippen molar-refractivity contribution in [2.75, 3.05) is 0 Å². The molecule has 24 heavy (non-hydrogen) atoms. The Balaban J connectivity index is 1.68. The van der Waals surface area contributed by atoms with Crippen LogP contribution in [0.15, 0.2) is 30.9 Å². The summed E-state index contributed by atoms with van der Waals surface area (Å²) in [6.45, 7) is 0. The van der Waals surface area contributed by atoms with E-state index in [4.69, 9.17) is 0 Å². The molecule has 0 spiro atoms. The summed E-state index contributed by atoms with van der Waals surface area (Å²) >= 11 is 0. The maximum atomic E-state index is 9.25. The topological polar surface area (TPSA) is 83.2 Å². The minimum absolute atomic E-state index is 0.167. The van der Waals surface area contributed by atoms with Crippen molar-refractivity contribution in [2.45, 2.75) is 44.6 Å². The Morgan fingerprint density at radius 2 is 2.17 bits per heavy atom. The third kappa shape index (κ3) is 2.67. The number of hydrogen-bond acceptors (Lipinski definition) is 4. The predicted octanol–water partition coefficient (Wildman–Crippen LogP) is 3.86. The van der Waals surface area contributed by atoms with Gasteiger partial charge in [0.25, 0.3) is 0 Å². The molecule has 3 heterocycles. The minimum atomic E-state index is 0.167. The van der Waals surface area contributed by atoms with Crippen LogP contribution in [0.4, 0.5) is 0 Å². The number of aromatic nitrogens is 5. The van der Waals surface area contributed by atoms with Crippen LogP contribution >= 0.6 is 0 Å². The number of nitrogens with zero attached hydrogens (tertiary/aromatic N) is 5. The molecule has 0 unspecified atom stereocenters. The molecule has 1 N–H and O–H groups in total. The third-order valence-electron chi connectivity index (χ3n) is 5.11. The fourth-order valence-corrected chi connectivity index (χ4v) is 3.85. The summed E-state index contributed by atoms with van der Waals surface area (Å²) in [5.41, 5.74) is 2.82. The van der Waals surface area contributed by atoms with Gasteiger partial charge in [0, 0.05) is 28.9 Å². The molecule has 0 aromatic carbocycles. The van der Waals surface area contributed by atoms with Gasteiger partial charge in [-0.1, -0.05) is 19.3 Å². The molecular formula is C18H20N6. The summed E-state index contributed by atoms with van der Waals surface area (Å²) in [5.74, 6) is 0.550. The van der Waals surface area contributed by atoms with E-state index in [1.807, 2.05) is 23.1 Å². The quantitative estimate of drug-likeness (QED) is 0.791. The van der Waals surface area contributed by atoms with Crippen LogP contribution in [0.3, 0.4) is 0 Å². The van der Waals surface area contributed by atoms with Gasteiger partial charge in [-0.25, -0.2) is 0 Å². The van der Waals surface area contributed by atoms with Crippen molar-refractivity contribution in [3.63, 3.8) is 0 Å². The lowest BCUT2D eigenvalue weighted by molar-refractivity contribution is 0.237. The molecule has 1 aliphatic carbocycles. The molecule has 1 aliphatic rings. The molecular weight excluding hydrogens is 300 g/mol. The molecule has 1 atom stereocenters. The van der Waals surface area contributed by atoms with Crippen molar-refractivity contribution < 1.29 is 0 Å². The van der Waals surface area contributed by atoms with E-state index in [0.717, 1.165) is 22.2 Å². The number of nitriles is 1. The molecule has 3 aromatic rings. The summed E-state index contributed by atoms with van der Waals surface area (Å²) in [7, 11) is 0. The van der Waals surface area contributed by atoms with Crippen LogP contribution in [0.5, 0.6) is 0 Å². The number of hydrogen-bond donors (Lipinski definition) is 1. The molecule has 6 heteroatoms. The second kappa shape index (κ2) is 6.44. The van der Waals surface area contributed by atoms with Gasteiger partial charge in [0.05, 0.1) is 30.9 Å². The second-order valence-electron chi connectivity index (χ2n) is 6.53. The first-order valence-corrected chi connectivity index (χ1v) is 8.57. The monoisotopic (exact) mass is 320 g/mol. The van der Waals surface area contributed by atoms with Crippen LogP contribution < -0.4 is 0 Å². The van der Waals surface area contributed by atoms with Crippen molar-refractivity contribution in [3.05, 3.63) is 30.9 Å². The molecule has 122 valence electrons. The number of H-pyrrole nitrogens is 1. The van der Waals surface area contributed by atoms with Gasteiger partial charge in [-0.05, 0) is 24.8 Å². The Hall–Kier alpha value is -2.68. The van der Waals surface area contributed by atoms with Crippen LogP contribution in [0.1, 0.15) is 44.6 Å². The van der Waals surface area contributed by atoms with E-state index in [-0.39, 0.29) is 6.04 Å². The zero-order valence-corrected chi connectivity index (χ0v) is 13.5. The Morgan fingerprint density at radius 1 is 1.29 bits per heavy atom. The summed E-state index contributed by atoms with van der Waals surface area (Å²) < 4.78 is 1.99. The highest BCUT2D eigenvalue weighted by Crippen LogP contribution is 2.35. The van der Waals surface area contributed by atoms with Crippen LogP contribution in [0.2, 0.25) is 0 Å². The first-order chi connectivity index (χ1) is 11.9. The van der Waals surface area contributed by atoms with E-state index in [1.54, 1.807) is 6.20 Å². The van der Waals surface area contributed by atoms with Gasteiger partial charge in [-0.3, -0.25) is 4.68 Å². The average Bonchev–Trinajstić information content (AvgIpc) is 3.29. The van der Waals surface area contributed by atoms with Gasteiger partial charge in [0.1, 0.15) is 0 Å². The van der Waals surface area contributed by atoms with Crippen LogP contribution in [-0.2, 0) is 0 Å². The van der Waals surface area contributed by atoms with E-state index in [9.17, 15) is 5.26 Å². The normalized spacial score (nSPS) is 17.0. The SMILES string of the molecule is N#CC[C@H](C1CCCCC1)n1cc(-c2cnnc3[nH]ccc23)cn1. The third-order valence-corrected chi connectivity index (χ3v) is 5.11. The number of aromatic amines is 1. The summed E-state index contributed by atoms with van der Waals surface area (Å²) in [6, 6.07) is 4.52. The standard InChI is InChI=1S/C18H20N6/c19-8-6-17(13-4-2-1-3-5-13)24-12-14(10-22-24)16-11-21-23-18-15(16)7-9-20-18/h7,9-13,17H,1-6H2,(H,20,23)/t17-/m1/s1. The molecule has 0 bridgehead atoms. The molecule has 1 saturated carbocycles. The van der Waals surface area contributed by atoms with E-state index < -0.39 is 0 Å². The molecule has 4 rings (SSSR count). The second-order valence-corrected chi connectivity index (χ2v) is 6.53. The Kier molecular flexibility index (Phi) is 3.99. The lowest BCUT2D eigenvalue weighted by Crippen LogP contribution is -2.22. The van der Waals surface area contributed by atoms with E-state index in [0.29, 0.717) is 12.3 Å². The Bertz CT molecular complexity index is 865. The van der Waals surface area contributed by atoms with Crippen LogP contribution in [0.25, 0.3) is 22.2 Å². The van der Waals surface area contributed by atoms with Gasteiger partial charge < -0.3 is 4.98 Å². The van der Waals surface area contributed by atoms with Crippen molar-refractivity contribution in [2.24, 2.45) is 5.92 Å². The number of nitrogens with one attached hydrogen (secondary N) is 1. The summed E-state index contributed by atoms with van der Waals surface area (Å²) in [6.07, 6.45) is 14.3. The molecule has 6 nitrogen and oxygen atoms in total. The highest BCUT2D eigenvalue weighted by Gasteiger charge is 2.26. The zero-order valence-electron chi connectivity index (χ0n) is 13.5. The average molecular weight is 320 g/mol. The lowest BCUT2D eigenvalue weighted by atomic mass is 9.83. The molecule has 0 amide bonds. The Labute approximate surface area is 140 Å². The van der Waals surface area contributed by atoms with Gasteiger partial charge in [-0.15, -0.1) is 5.10 Å². The fraction of sp³-hybridized carbons (Fsp3) is 0.444. The molecule has 1 fully saturated rings. The minimum Gasteiger partial charge on any atom is -0.345 e. The summed E-state index contributed by atoms with van der Waals surface area (Å²) in [5, 5.41) is 23.0. The molecule has 0 aliphatic heterocycles. The smallest absolute Gasteiger partial charge is 0.160 e. The maximum Gasteiger partial charge on any atom is 0.160 e. The van der Waals surface area contributed by atoms with Gasteiger partial charge in [-0.2, -0.15) is 15.5 Å². The summed E-state index contributed by atoms with van der Waals surface area (Å²) in [4.78, 5) is 3.09. The largest absolute Gasteiger partial charge is 0.345 e. The van der Waals surface area contributed by atoms with Crippen molar-refractivity contribution >= 4 is 11.0 Å². The molecule has 3 aromatic heterocycles. The van der Waals surface area contributed by atoms with E-state index >= 15 is 0 Å². The van der Waals surface area contributed by atoms with Crippen molar-refractivity contribution in [1.29, 1.82) is 5.26 Å². The van der Waals surface area contributed by atoms with Crippen LogP contribution in [-0.4, -0.2) is 25.0 Å². The molecule has 0 radical (unpaired) electrons. The molecule has 0 saturated heterocycles. The predicted molar refractivity (Wildman–Crippen MR) is 91.0 cm³/mol. The maximum absolute atomic E-state index is 9.25. The van der Waals surface area contributed by atoms with Gasteiger partial charge >= 0.3 is 0 Å². The number of rotatable bonds is 4. The lowest BCUT2D eigenvalue weighted by Gasteiger charge is -2.29. The van der Waals surface area contributed by atoms with E-state index in [1.165, 1.54) is 32.1 Å². The number of fused-ring (bicyclic) bond motifs is 1. The first kappa shape index (κ1) is 14.9. The highest BCUT2D eigenvalue weighted by atomic mass is 15.3. The first-order valence-electron chi connectivity index (χ1n) is 8.57. The highest BCUT2D eigenvalue weighted by molar-refractivity contribution is 5.91. The zero-order chi connectivity index (χ0) is 16.4. The van der Waals surface area contributed by atoms with Crippen LogP contribution in [0, 0.1) is 17.2 Å². The van der Waals surface area contributed by atoms with Crippen molar-refractivity contribution in [3.8, 4) is 17.2 Å². The van der Waals surface area contributed by atoms with Gasteiger partial charge in [0.2, 0.25) is 0 Å². The van der Waals surface area contributed by atoms with Gasteiger partial charge in [0.15, 0.2) is 5.65 Å².